The zero-order valence-electron chi connectivity index (χ0n) is 9.76. The van der Waals surface area contributed by atoms with Gasteiger partial charge in [-0.1, -0.05) is 0 Å². The number of fused-ring (bicyclic) bond motifs is 1. The molecule has 9 heteroatoms. The number of aliphatic hydroxyl groups is 2. The number of imidazole rings is 1. The Hall–Kier alpha value is -1.21. The molecule has 2 unspecified atom stereocenters. The average Bonchev–Trinajstić information content (AvgIpc) is 2.92. The summed E-state index contributed by atoms with van der Waals surface area (Å²) in [5.74, 6) is 0.513. The number of nitrogens with zero attached hydrogens (tertiary/aromatic N) is 3. The molecule has 1 aliphatic heterocycles. The monoisotopic (exact) mass is 328 g/mol. The van der Waals surface area contributed by atoms with Gasteiger partial charge in [0.1, 0.15) is 0 Å². The van der Waals surface area contributed by atoms with E-state index in [1.165, 1.54) is 23.0 Å². The van der Waals surface area contributed by atoms with Gasteiger partial charge >= 0.3 is 116 Å². The quantitative estimate of drug-likeness (QED) is 0.483. The molecule has 4 N–H and O–H groups in total. The van der Waals surface area contributed by atoms with Crippen LogP contribution < -0.4 is 0 Å². The second-order valence-electron chi connectivity index (χ2n) is 4.37. The number of hydrogen-bond acceptors (Lipinski definition) is 7. The van der Waals surface area contributed by atoms with E-state index in [2.05, 4.69) is 19.9 Å². The van der Waals surface area contributed by atoms with Crippen molar-refractivity contribution < 1.29 is 20.1 Å². The van der Waals surface area contributed by atoms with E-state index in [0.717, 1.165) is 0 Å². The molecule has 8 nitrogen and oxygen atoms in total. The third kappa shape index (κ3) is 2.10. The minimum absolute atomic E-state index is 0.147. The number of aromatic amines is 1. The normalized spacial score (nSPS) is 31.1. The molecule has 2 aromatic heterocycles. The molecule has 0 bridgehead atoms. The number of aliphatic hydroxyl groups excluding tert-OH is 2. The summed E-state index contributed by atoms with van der Waals surface area (Å²) in [5, 5.41) is 28.3. The minimum atomic E-state index is -0.720. The summed E-state index contributed by atoms with van der Waals surface area (Å²) in [6.07, 6.45) is -0.320. The topological polar surface area (TPSA) is 124 Å². The second-order valence-corrected chi connectivity index (χ2v) is 5.99. The third-order valence-electron chi connectivity index (χ3n) is 3.14. The number of rotatable bonds is 2. The van der Waals surface area contributed by atoms with E-state index < -0.39 is 18.3 Å². The summed E-state index contributed by atoms with van der Waals surface area (Å²) in [6, 6.07) is -0.344. The number of hydrogen-bond donors (Lipinski definition) is 4. The zero-order chi connectivity index (χ0) is 13.6. The van der Waals surface area contributed by atoms with Crippen LogP contribution in [0.5, 0.6) is 6.01 Å². The number of H-pyrrole nitrogens is 1. The van der Waals surface area contributed by atoms with Gasteiger partial charge in [-0.05, 0) is 0 Å². The van der Waals surface area contributed by atoms with Gasteiger partial charge in [-0.25, -0.2) is 0 Å². The molecule has 0 spiro atoms. The van der Waals surface area contributed by atoms with Crippen molar-refractivity contribution in [2.45, 2.75) is 23.0 Å². The van der Waals surface area contributed by atoms with Gasteiger partial charge in [-0.3, -0.25) is 0 Å². The fourth-order valence-corrected chi connectivity index (χ4v) is 3.23. The molecule has 0 aliphatic carbocycles. The maximum atomic E-state index is 9.93. The van der Waals surface area contributed by atoms with Crippen LogP contribution in [0.4, 0.5) is 0 Å². The number of nitrogens with one attached hydrogen (secondary N) is 1. The Morgan fingerprint density at radius 2 is 2.21 bits per heavy atom. The van der Waals surface area contributed by atoms with Gasteiger partial charge in [0.25, 0.3) is 0 Å². The predicted molar refractivity (Wildman–Crippen MR) is 66.3 cm³/mol. The summed E-state index contributed by atoms with van der Waals surface area (Å²) in [5.41, 5.74) is 0.922. The Kier molecular flexibility index (Phi) is 3.18. The van der Waals surface area contributed by atoms with Crippen molar-refractivity contribution in [3.05, 3.63) is 12.0 Å². The summed E-state index contributed by atoms with van der Waals surface area (Å²) in [7, 11) is 0. The first-order valence-corrected chi connectivity index (χ1v) is 7.11. The third-order valence-corrected chi connectivity index (χ3v) is 4.70. The average molecular weight is 328 g/mol. The second kappa shape index (κ2) is 4.72. The van der Waals surface area contributed by atoms with E-state index >= 15 is 0 Å². The summed E-state index contributed by atoms with van der Waals surface area (Å²) >= 11 is 1.32. The Morgan fingerprint density at radius 1 is 1.42 bits per heavy atom. The Balaban J connectivity index is 1.96. The summed E-state index contributed by atoms with van der Waals surface area (Å²) < 4.78 is 5.45. The molecular formula is C10H13AsN4O4. The molecule has 0 saturated carbocycles. The van der Waals surface area contributed by atoms with Crippen molar-refractivity contribution in [3.63, 3.8) is 0 Å². The molecule has 5 atom stereocenters. The van der Waals surface area contributed by atoms with Gasteiger partial charge in [-0.15, -0.1) is 0 Å². The fourth-order valence-electron chi connectivity index (χ4n) is 2.14. The van der Waals surface area contributed by atoms with Crippen LogP contribution in [0.1, 0.15) is 11.9 Å². The first-order chi connectivity index (χ1) is 9.10. The zero-order valence-corrected chi connectivity index (χ0v) is 12.2. The molecule has 1 saturated heterocycles. The Bertz CT molecular complexity index is 606. The van der Waals surface area contributed by atoms with E-state index in [9.17, 15) is 10.2 Å². The first kappa shape index (κ1) is 12.8. The van der Waals surface area contributed by atoms with Gasteiger partial charge in [0, 0.05) is 0 Å². The van der Waals surface area contributed by atoms with Crippen LogP contribution in [0.2, 0.25) is 4.71 Å². The van der Waals surface area contributed by atoms with Gasteiger partial charge in [0.2, 0.25) is 0 Å². The van der Waals surface area contributed by atoms with Crippen LogP contribution in [-0.2, 0) is 4.74 Å². The van der Waals surface area contributed by atoms with Crippen LogP contribution in [0.15, 0.2) is 6.20 Å². The summed E-state index contributed by atoms with van der Waals surface area (Å²) in [6.45, 7) is -0.237. The van der Waals surface area contributed by atoms with E-state index in [-0.39, 0.29) is 17.3 Å². The summed E-state index contributed by atoms with van der Waals surface area (Å²) in [4.78, 5) is 14.7. The molecule has 3 heterocycles. The van der Waals surface area contributed by atoms with Crippen LogP contribution in [-0.4, -0.2) is 70.9 Å². The predicted octanol–water partition coefficient (Wildman–Crippen LogP) is -1.73. The van der Waals surface area contributed by atoms with Crippen molar-refractivity contribution in [1.29, 1.82) is 0 Å². The van der Waals surface area contributed by atoms with Crippen molar-refractivity contribution in [3.8, 4) is 6.01 Å². The molecule has 3 rings (SSSR count). The van der Waals surface area contributed by atoms with Gasteiger partial charge in [0.15, 0.2) is 0 Å². The van der Waals surface area contributed by atoms with Crippen LogP contribution in [0.25, 0.3) is 11.2 Å². The van der Waals surface area contributed by atoms with Gasteiger partial charge in [-0.2, -0.15) is 0 Å². The van der Waals surface area contributed by atoms with Crippen molar-refractivity contribution in [2.75, 3.05) is 6.61 Å². The van der Waals surface area contributed by atoms with Crippen molar-refractivity contribution in [1.82, 2.24) is 19.9 Å². The first-order valence-electron chi connectivity index (χ1n) is 5.71. The van der Waals surface area contributed by atoms with Gasteiger partial charge < -0.3 is 0 Å². The SMILES string of the molecule is OC[C@H]1OC(c2nc3nc(O)ncc3[nH]2)[C@H]([AsH2])[C@@H]1O. The van der Waals surface area contributed by atoms with Crippen molar-refractivity contribution in [2.24, 2.45) is 0 Å². The van der Waals surface area contributed by atoms with Crippen molar-refractivity contribution >= 4 is 28.0 Å². The van der Waals surface area contributed by atoms with E-state index in [0.29, 0.717) is 17.0 Å². The van der Waals surface area contributed by atoms with Crippen LogP contribution in [0, 0.1) is 0 Å². The number of aromatic nitrogens is 4. The standard InChI is InChI=1S/C10H13AsN4O4/c11-5-6(17)4(2-16)19-7(5)9-13-3-1-12-10(18)15-8(3)14-9/h1,4-7,16-17H,2,11H2,(H2,12,13,14,15,18)/t4-,5-,6-,7?/m1/s1. The molecule has 102 valence electrons. The molecule has 0 radical (unpaired) electrons. The Labute approximate surface area is 116 Å². The molecule has 1 aliphatic rings. The van der Waals surface area contributed by atoms with Crippen LogP contribution in [0.3, 0.4) is 0 Å². The molecular weight excluding hydrogens is 315 g/mol. The molecule has 2 aromatic rings. The maximum absolute atomic E-state index is 9.93. The number of aromatic hydroxyl groups is 1. The van der Waals surface area contributed by atoms with E-state index in [1.54, 1.807) is 0 Å². The fraction of sp³-hybridized carbons (Fsp3) is 0.500. The van der Waals surface area contributed by atoms with Crippen LogP contribution >= 0.6 is 0 Å². The number of ether oxygens (including phenoxy) is 1. The molecule has 0 aromatic carbocycles. The van der Waals surface area contributed by atoms with Gasteiger partial charge in [0.05, 0.1) is 0 Å². The molecule has 1 fully saturated rings. The van der Waals surface area contributed by atoms with E-state index in [1.807, 2.05) is 0 Å². The molecule has 19 heavy (non-hydrogen) atoms. The van der Waals surface area contributed by atoms with E-state index in [4.69, 9.17) is 9.84 Å². The Morgan fingerprint density at radius 3 is 2.89 bits per heavy atom. The molecule has 0 amide bonds.